The van der Waals surface area contributed by atoms with E-state index in [1.165, 1.54) is 6.21 Å². The van der Waals surface area contributed by atoms with Crippen molar-refractivity contribution in [3.8, 4) is 5.75 Å². The van der Waals surface area contributed by atoms with Crippen molar-refractivity contribution in [2.75, 3.05) is 7.11 Å². The minimum atomic E-state index is -1.26. The maximum atomic E-state index is 12.0. The Balaban J connectivity index is 2.69. The van der Waals surface area contributed by atoms with Crippen LogP contribution in [0.4, 0.5) is 4.79 Å². The minimum Gasteiger partial charge on any atom is -0.497 e. The number of hydrogen-bond donors (Lipinski definition) is 3. The molecule has 0 fully saturated rings. The van der Waals surface area contributed by atoms with Crippen molar-refractivity contribution in [2.24, 2.45) is 10.5 Å². The van der Waals surface area contributed by atoms with Crippen LogP contribution < -0.4 is 15.5 Å². The fourth-order valence-electron chi connectivity index (χ4n) is 1.72. The molecule has 1 atom stereocenters. The third-order valence-corrected chi connectivity index (χ3v) is 2.90. The lowest BCUT2D eigenvalue weighted by molar-refractivity contribution is -0.125. The number of rotatable bonds is 5. The first-order valence-electron chi connectivity index (χ1n) is 6.70. The van der Waals surface area contributed by atoms with Gasteiger partial charge in [-0.25, -0.2) is 10.2 Å². The van der Waals surface area contributed by atoms with Gasteiger partial charge in [0, 0.05) is 0 Å². The highest BCUT2D eigenvalue weighted by Gasteiger charge is 2.32. The summed E-state index contributed by atoms with van der Waals surface area (Å²) < 4.78 is 5.04. The topological polar surface area (TPSA) is 100 Å². The summed E-state index contributed by atoms with van der Waals surface area (Å²) in [4.78, 5) is 22.8. The Hall–Kier alpha value is -2.57. The third kappa shape index (κ3) is 5.43. The molecule has 7 heteroatoms. The lowest BCUT2D eigenvalue weighted by atomic mass is 9.86. The number of hydrazone groups is 1. The average Bonchev–Trinajstić information content (AvgIpc) is 2.44. The first-order chi connectivity index (χ1) is 10.2. The minimum absolute atomic E-state index is 0.514. The summed E-state index contributed by atoms with van der Waals surface area (Å²) in [7, 11) is 1.57. The van der Waals surface area contributed by atoms with Gasteiger partial charge >= 0.3 is 6.09 Å². The second-order valence-electron chi connectivity index (χ2n) is 5.76. The first-order valence-corrected chi connectivity index (χ1v) is 6.70. The predicted molar refractivity (Wildman–Crippen MR) is 83.1 cm³/mol. The van der Waals surface area contributed by atoms with Gasteiger partial charge in [0.05, 0.1) is 13.3 Å². The molecule has 0 heterocycles. The molecule has 0 spiro atoms. The number of carboxylic acid groups (broad SMARTS) is 1. The maximum absolute atomic E-state index is 12.0. The van der Waals surface area contributed by atoms with Crippen LogP contribution >= 0.6 is 0 Å². The molecular formula is C15H21N3O4. The standard InChI is InChI=1S/C15H21N3O4/c1-15(2,3)12(17-14(20)21)13(19)18-16-9-10-5-7-11(22-4)8-6-10/h5-9,12,17H,1-4H3,(H,18,19)(H,20,21)/t12-/m1/s1. The summed E-state index contributed by atoms with van der Waals surface area (Å²) in [5, 5.41) is 14.8. The molecule has 3 N–H and O–H groups in total. The van der Waals surface area contributed by atoms with Gasteiger partial charge in [-0.15, -0.1) is 0 Å². The zero-order valence-corrected chi connectivity index (χ0v) is 13.1. The van der Waals surface area contributed by atoms with E-state index in [0.717, 1.165) is 11.3 Å². The van der Waals surface area contributed by atoms with Gasteiger partial charge in [-0.05, 0) is 35.2 Å². The molecule has 22 heavy (non-hydrogen) atoms. The fraction of sp³-hybridized carbons (Fsp3) is 0.400. The Morgan fingerprint density at radius 1 is 1.27 bits per heavy atom. The van der Waals surface area contributed by atoms with Crippen molar-refractivity contribution in [3.05, 3.63) is 29.8 Å². The Morgan fingerprint density at radius 2 is 1.86 bits per heavy atom. The molecule has 2 amide bonds. The molecule has 0 unspecified atom stereocenters. The highest BCUT2D eigenvalue weighted by atomic mass is 16.5. The molecule has 0 saturated carbocycles. The number of carbonyl (C=O) groups is 2. The van der Waals surface area contributed by atoms with Crippen molar-refractivity contribution >= 4 is 18.2 Å². The Morgan fingerprint density at radius 3 is 2.32 bits per heavy atom. The lowest BCUT2D eigenvalue weighted by Crippen LogP contribution is -2.52. The summed E-state index contributed by atoms with van der Waals surface area (Å²) in [5.41, 5.74) is 2.55. The first kappa shape index (κ1) is 17.5. The van der Waals surface area contributed by atoms with Crippen molar-refractivity contribution < 1.29 is 19.4 Å². The van der Waals surface area contributed by atoms with Gasteiger partial charge in [0.25, 0.3) is 5.91 Å². The number of carbonyl (C=O) groups excluding carboxylic acids is 1. The van der Waals surface area contributed by atoms with Crippen molar-refractivity contribution in [1.82, 2.24) is 10.7 Å². The van der Waals surface area contributed by atoms with E-state index in [-0.39, 0.29) is 0 Å². The highest BCUT2D eigenvalue weighted by molar-refractivity contribution is 5.87. The fourth-order valence-corrected chi connectivity index (χ4v) is 1.72. The number of nitrogens with zero attached hydrogens (tertiary/aromatic N) is 1. The van der Waals surface area contributed by atoms with Gasteiger partial charge < -0.3 is 15.2 Å². The second kappa shape index (κ2) is 7.44. The van der Waals surface area contributed by atoms with Gasteiger partial charge in [-0.3, -0.25) is 4.79 Å². The van der Waals surface area contributed by atoms with E-state index in [4.69, 9.17) is 9.84 Å². The molecule has 0 aliphatic rings. The molecule has 0 aromatic heterocycles. The van der Waals surface area contributed by atoms with Crippen LogP contribution in [0.1, 0.15) is 26.3 Å². The van der Waals surface area contributed by atoms with Crippen molar-refractivity contribution in [3.63, 3.8) is 0 Å². The second-order valence-corrected chi connectivity index (χ2v) is 5.76. The summed E-state index contributed by atoms with van der Waals surface area (Å²) >= 11 is 0. The normalized spacial score (nSPS) is 12.7. The number of methoxy groups -OCH3 is 1. The zero-order chi connectivity index (χ0) is 16.8. The van der Waals surface area contributed by atoms with Crippen LogP contribution in [0, 0.1) is 5.41 Å². The summed E-state index contributed by atoms with van der Waals surface area (Å²) in [6, 6.07) is 6.20. The Labute approximate surface area is 129 Å². The van der Waals surface area contributed by atoms with Crippen LogP contribution in [0.3, 0.4) is 0 Å². The Bertz CT molecular complexity index is 547. The maximum Gasteiger partial charge on any atom is 0.405 e. The average molecular weight is 307 g/mol. The predicted octanol–water partition coefficient (Wildman–Crippen LogP) is 1.83. The molecule has 1 aromatic carbocycles. The molecule has 0 aliphatic carbocycles. The molecular weight excluding hydrogens is 286 g/mol. The van der Waals surface area contributed by atoms with Crippen LogP contribution in [0.25, 0.3) is 0 Å². The largest absolute Gasteiger partial charge is 0.497 e. The molecule has 1 rings (SSSR count). The lowest BCUT2D eigenvalue weighted by Gasteiger charge is -2.28. The summed E-state index contributed by atoms with van der Waals surface area (Å²) in [6.45, 7) is 5.29. The smallest absolute Gasteiger partial charge is 0.405 e. The van der Waals surface area contributed by atoms with Crippen molar-refractivity contribution in [2.45, 2.75) is 26.8 Å². The van der Waals surface area contributed by atoms with Crippen LogP contribution in [0.2, 0.25) is 0 Å². The Kier molecular flexibility index (Phi) is 5.91. The van der Waals surface area contributed by atoms with Gasteiger partial charge in [0.15, 0.2) is 0 Å². The van der Waals surface area contributed by atoms with E-state index in [9.17, 15) is 9.59 Å². The molecule has 120 valence electrons. The van der Waals surface area contributed by atoms with E-state index in [1.54, 1.807) is 52.1 Å². The van der Waals surface area contributed by atoms with Crippen LogP contribution in [-0.2, 0) is 4.79 Å². The van der Waals surface area contributed by atoms with Gasteiger partial charge in [0.2, 0.25) is 0 Å². The number of nitrogens with one attached hydrogen (secondary N) is 2. The molecule has 0 radical (unpaired) electrons. The third-order valence-electron chi connectivity index (χ3n) is 2.90. The van der Waals surface area contributed by atoms with E-state index >= 15 is 0 Å². The highest BCUT2D eigenvalue weighted by Crippen LogP contribution is 2.19. The number of benzene rings is 1. The molecule has 0 bridgehead atoms. The van der Waals surface area contributed by atoms with Gasteiger partial charge in [0.1, 0.15) is 11.8 Å². The SMILES string of the molecule is COc1ccc(C=NNC(=O)[C@@H](NC(=O)O)C(C)(C)C)cc1. The van der Waals surface area contributed by atoms with Crippen LogP contribution in [0.15, 0.2) is 29.4 Å². The van der Waals surface area contributed by atoms with Crippen molar-refractivity contribution in [1.29, 1.82) is 0 Å². The number of ether oxygens (including phenoxy) is 1. The number of amides is 2. The van der Waals surface area contributed by atoms with E-state index in [2.05, 4.69) is 15.8 Å². The molecule has 0 aliphatic heterocycles. The molecule has 0 saturated heterocycles. The zero-order valence-electron chi connectivity index (χ0n) is 13.1. The molecule has 7 nitrogen and oxygen atoms in total. The monoisotopic (exact) mass is 307 g/mol. The van der Waals surface area contributed by atoms with Crippen LogP contribution in [-0.4, -0.2) is 36.5 Å². The summed E-state index contributed by atoms with van der Waals surface area (Å²) in [6.07, 6.45) is 0.215. The van der Waals surface area contributed by atoms with E-state index < -0.39 is 23.5 Å². The van der Waals surface area contributed by atoms with E-state index in [0.29, 0.717) is 0 Å². The number of hydrogen-bond acceptors (Lipinski definition) is 4. The quantitative estimate of drug-likeness (QED) is 0.570. The molecule has 1 aromatic rings. The van der Waals surface area contributed by atoms with Crippen LogP contribution in [0.5, 0.6) is 5.75 Å². The van der Waals surface area contributed by atoms with Gasteiger partial charge in [-0.1, -0.05) is 20.8 Å². The summed E-state index contributed by atoms with van der Waals surface area (Å²) in [5.74, 6) is 0.208. The van der Waals surface area contributed by atoms with Gasteiger partial charge in [-0.2, -0.15) is 5.10 Å². The van der Waals surface area contributed by atoms with E-state index in [1.807, 2.05) is 0 Å².